The zero-order chi connectivity index (χ0) is 12.8. The number of amides is 1. The van der Waals surface area contributed by atoms with E-state index in [1.807, 2.05) is 49.3 Å². The number of rotatable bonds is 3. The van der Waals surface area contributed by atoms with Gasteiger partial charge in [0.1, 0.15) is 11.8 Å². The number of hydrogen-bond donors (Lipinski definition) is 1. The standard InChI is InChI=1S/C13H15N3O/c1-10(17)15-12(9-14)8-11-4-6-13(7-5-11)16(2)3/h4-8H,1-3H3,(H,15,17)/b12-8+. The van der Waals surface area contributed by atoms with E-state index in [0.29, 0.717) is 0 Å². The van der Waals surface area contributed by atoms with E-state index in [2.05, 4.69) is 5.32 Å². The molecule has 4 heteroatoms. The van der Waals surface area contributed by atoms with Gasteiger partial charge in [0.15, 0.2) is 0 Å². The minimum Gasteiger partial charge on any atom is -0.378 e. The van der Waals surface area contributed by atoms with Gasteiger partial charge in [-0.1, -0.05) is 12.1 Å². The Bertz CT molecular complexity index is 466. The maximum absolute atomic E-state index is 10.8. The van der Waals surface area contributed by atoms with Crippen molar-refractivity contribution in [2.75, 3.05) is 19.0 Å². The van der Waals surface area contributed by atoms with Gasteiger partial charge in [-0.3, -0.25) is 4.79 Å². The SMILES string of the molecule is CC(=O)N/C(C#N)=C/c1ccc(N(C)C)cc1. The summed E-state index contributed by atoms with van der Waals surface area (Å²) in [5, 5.41) is 11.3. The fourth-order valence-electron chi connectivity index (χ4n) is 1.32. The molecule has 0 unspecified atom stereocenters. The predicted molar refractivity (Wildman–Crippen MR) is 68.2 cm³/mol. The number of nitrogens with zero attached hydrogens (tertiary/aromatic N) is 2. The maximum Gasteiger partial charge on any atom is 0.221 e. The molecule has 4 nitrogen and oxygen atoms in total. The Labute approximate surface area is 101 Å². The number of nitriles is 1. The molecule has 0 saturated heterocycles. The van der Waals surface area contributed by atoms with Gasteiger partial charge in [-0.25, -0.2) is 0 Å². The summed E-state index contributed by atoms with van der Waals surface area (Å²) in [6, 6.07) is 9.64. The van der Waals surface area contributed by atoms with Gasteiger partial charge in [0.25, 0.3) is 0 Å². The first kappa shape index (κ1) is 12.8. The van der Waals surface area contributed by atoms with E-state index in [-0.39, 0.29) is 11.6 Å². The van der Waals surface area contributed by atoms with Gasteiger partial charge in [0.05, 0.1) is 0 Å². The normalized spacial score (nSPS) is 10.6. The molecule has 1 amide bonds. The number of carbonyl (C=O) groups excluding carboxylic acids is 1. The van der Waals surface area contributed by atoms with Gasteiger partial charge in [-0.15, -0.1) is 0 Å². The van der Waals surface area contributed by atoms with Gasteiger partial charge >= 0.3 is 0 Å². The Morgan fingerprint density at radius 2 is 1.94 bits per heavy atom. The molecule has 0 aliphatic rings. The Kier molecular flexibility index (Phi) is 4.29. The van der Waals surface area contributed by atoms with Crippen LogP contribution in [0.3, 0.4) is 0 Å². The molecule has 0 spiro atoms. The minimum absolute atomic E-state index is 0.245. The van der Waals surface area contributed by atoms with Crippen molar-refractivity contribution in [1.82, 2.24) is 5.32 Å². The molecular formula is C13H15N3O. The van der Waals surface area contributed by atoms with Gasteiger partial charge in [0.2, 0.25) is 5.91 Å². The summed E-state index contributed by atoms with van der Waals surface area (Å²) in [6.45, 7) is 1.38. The van der Waals surface area contributed by atoms with Crippen molar-refractivity contribution in [3.05, 3.63) is 35.5 Å². The van der Waals surface area contributed by atoms with E-state index in [1.54, 1.807) is 6.08 Å². The molecule has 1 rings (SSSR count). The first-order chi connectivity index (χ1) is 8.02. The summed E-state index contributed by atoms with van der Waals surface area (Å²) < 4.78 is 0. The van der Waals surface area contributed by atoms with Crippen molar-refractivity contribution in [2.45, 2.75) is 6.92 Å². The average Bonchev–Trinajstić information content (AvgIpc) is 2.28. The monoisotopic (exact) mass is 229 g/mol. The van der Waals surface area contributed by atoms with E-state index in [0.717, 1.165) is 11.3 Å². The molecule has 0 aromatic heterocycles. The number of anilines is 1. The molecule has 0 fully saturated rings. The molecule has 0 saturated carbocycles. The van der Waals surface area contributed by atoms with Gasteiger partial charge in [-0.2, -0.15) is 5.26 Å². The van der Waals surface area contributed by atoms with Crippen LogP contribution in [-0.2, 0) is 4.79 Å². The maximum atomic E-state index is 10.8. The number of carbonyl (C=O) groups is 1. The zero-order valence-electron chi connectivity index (χ0n) is 10.2. The quantitative estimate of drug-likeness (QED) is 0.803. The number of allylic oxidation sites excluding steroid dienone is 1. The average molecular weight is 229 g/mol. The highest BCUT2D eigenvalue weighted by atomic mass is 16.1. The molecule has 0 bridgehead atoms. The van der Waals surface area contributed by atoms with Crippen LogP contribution >= 0.6 is 0 Å². The largest absolute Gasteiger partial charge is 0.378 e. The zero-order valence-corrected chi connectivity index (χ0v) is 10.2. The van der Waals surface area contributed by atoms with Crippen molar-refractivity contribution >= 4 is 17.7 Å². The van der Waals surface area contributed by atoms with Crippen LogP contribution in [0.15, 0.2) is 30.0 Å². The lowest BCUT2D eigenvalue weighted by Crippen LogP contribution is -2.17. The molecule has 1 N–H and O–H groups in total. The van der Waals surface area contributed by atoms with Crippen LogP contribution in [0.25, 0.3) is 6.08 Å². The molecular weight excluding hydrogens is 214 g/mol. The fourth-order valence-corrected chi connectivity index (χ4v) is 1.32. The summed E-state index contributed by atoms with van der Waals surface area (Å²) in [4.78, 5) is 12.8. The highest BCUT2D eigenvalue weighted by Crippen LogP contribution is 2.13. The van der Waals surface area contributed by atoms with E-state index in [1.165, 1.54) is 6.92 Å². The molecule has 1 aromatic rings. The van der Waals surface area contributed by atoms with Crippen LogP contribution in [0.4, 0.5) is 5.69 Å². The molecule has 0 aliphatic carbocycles. The van der Waals surface area contributed by atoms with Gasteiger partial charge in [0, 0.05) is 26.7 Å². The lowest BCUT2D eigenvalue weighted by atomic mass is 10.1. The number of hydrogen-bond acceptors (Lipinski definition) is 3. The van der Waals surface area contributed by atoms with Crippen molar-refractivity contribution in [3.8, 4) is 6.07 Å². The van der Waals surface area contributed by atoms with E-state index in [4.69, 9.17) is 5.26 Å². The molecule has 0 heterocycles. The second kappa shape index (κ2) is 5.71. The molecule has 1 aromatic carbocycles. The first-order valence-electron chi connectivity index (χ1n) is 5.19. The third kappa shape index (κ3) is 3.99. The van der Waals surface area contributed by atoms with E-state index in [9.17, 15) is 4.79 Å². The van der Waals surface area contributed by atoms with Crippen LogP contribution in [0.2, 0.25) is 0 Å². The second-order valence-electron chi connectivity index (χ2n) is 3.84. The van der Waals surface area contributed by atoms with Crippen molar-refractivity contribution in [1.29, 1.82) is 5.26 Å². The second-order valence-corrected chi connectivity index (χ2v) is 3.84. The summed E-state index contributed by atoms with van der Waals surface area (Å²) >= 11 is 0. The predicted octanol–water partition coefficient (Wildman–Crippen LogP) is 1.75. The first-order valence-corrected chi connectivity index (χ1v) is 5.19. The highest BCUT2D eigenvalue weighted by Gasteiger charge is 1.99. The molecule has 88 valence electrons. The highest BCUT2D eigenvalue weighted by molar-refractivity contribution is 5.78. The topological polar surface area (TPSA) is 56.1 Å². The van der Waals surface area contributed by atoms with Gasteiger partial charge < -0.3 is 10.2 Å². The van der Waals surface area contributed by atoms with Crippen molar-refractivity contribution < 1.29 is 4.79 Å². The lowest BCUT2D eigenvalue weighted by molar-refractivity contribution is -0.118. The Morgan fingerprint density at radius 3 is 2.35 bits per heavy atom. The van der Waals surface area contributed by atoms with Crippen LogP contribution in [0, 0.1) is 11.3 Å². The Morgan fingerprint density at radius 1 is 1.35 bits per heavy atom. The lowest BCUT2D eigenvalue weighted by Gasteiger charge is -2.11. The summed E-state index contributed by atoms with van der Waals surface area (Å²) in [5.41, 5.74) is 2.20. The minimum atomic E-state index is -0.247. The Hall–Kier alpha value is -2.28. The third-order valence-corrected chi connectivity index (χ3v) is 2.15. The smallest absolute Gasteiger partial charge is 0.221 e. The molecule has 0 radical (unpaired) electrons. The number of nitrogens with one attached hydrogen (secondary N) is 1. The molecule has 0 aliphatic heterocycles. The third-order valence-electron chi connectivity index (χ3n) is 2.15. The fraction of sp³-hybridized carbons (Fsp3) is 0.231. The van der Waals surface area contributed by atoms with Crippen LogP contribution < -0.4 is 10.2 Å². The van der Waals surface area contributed by atoms with Crippen LogP contribution in [0.5, 0.6) is 0 Å². The Balaban J connectivity index is 2.90. The number of benzene rings is 1. The van der Waals surface area contributed by atoms with E-state index < -0.39 is 0 Å². The summed E-state index contributed by atoms with van der Waals surface area (Å²) in [7, 11) is 3.92. The van der Waals surface area contributed by atoms with Crippen molar-refractivity contribution in [2.24, 2.45) is 0 Å². The summed E-state index contributed by atoms with van der Waals surface area (Å²) in [5.74, 6) is -0.247. The van der Waals surface area contributed by atoms with Crippen LogP contribution in [0.1, 0.15) is 12.5 Å². The van der Waals surface area contributed by atoms with Crippen molar-refractivity contribution in [3.63, 3.8) is 0 Å². The molecule has 17 heavy (non-hydrogen) atoms. The summed E-state index contributed by atoms with van der Waals surface area (Å²) in [6.07, 6.45) is 1.64. The van der Waals surface area contributed by atoms with E-state index >= 15 is 0 Å². The van der Waals surface area contributed by atoms with Crippen LogP contribution in [-0.4, -0.2) is 20.0 Å². The molecule has 0 atom stereocenters. The van der Waals surface area contributed by atoms with Gasteiger partial charge in [-0.05, 0) is 23.8 Å².